The predicted molar refractivity (Wildman–Crippen MR) is 80.1 cm³/mol. The van der Waals surface area contributed by atoms with Crippen molar-refractivity contribution >= 4 is 23.5 Å². The van der Waals surface area contributed by atoms with Crippen LogP contribution in [0.3, 0.4) is 0 Å². The summed E-state index contributed by atoms with van der Waals surface area (Å²) in [5, 5.41) is 9.42. The van der Waals surface area contributed by atoms with Gasteiger partial charge in [-0.1, -0.05) is 30.7 Å². The molecule has 1 heterocycles. The average Bonchev–Trinajstić information content (AvgIpc) is 2.53. The molecule has 7 heteroatoms. The quantitative estimate of drug-likeness (QED) is 0.892. The van der Waals surface area contributed by atoms with E-state index >= 15 is 0 Å². The van der Waals surface area contributed by atoms with Gasteiger partial charge in [0, 0.05) is 6.54 Å². The molecule has 1 saturated heterocycles. The summed E-state index contributed by atoms with van der Waals surface area (Å²) in [5.41, 5.74) is 0. The molecule has 0 unspecified atom stereocenters. The molecule has 1 amide bonds. The Balaban J connectivity index is 2.05. The van der Waals surface area contributed by atoms with Crippen LogP contribution in [0, 0.1) is 0 Å². The van der Waals surface area contributed by atoms with Gasteiger partial charge in [0.2, 0.25) is 0 Å². The molecule has 0 radical (unpaired) electrons. The first-order valence-electron chi connectivity index (χ1n) is 7.07. The molecule has 6 nitrogen and oxygen atoms in total. The molecule has 1 aromatic rings. The summed E-state index contributed by atoms with van der Waals surface area (Å²) in [6, 6.07) is 6.92. The first-order chi connectivity index (χ1) is 10.5. The van der Waals surface area contributed by atoms with Crippen LogP contribution in [0.4, 0.5) is 0 Å². The van der Waals surface area contributed by atoms with Gasteiger partial charge >= 0.3 is 5.97 Å². The van der Waals surface area contributed by atoms with Crippen LogP contribution in [-0.2, 0) is 14.3 Å². The van der Waals surface area contributed by atoms with Gasteiger partial charge in [-0.25, -0.2) is 4.79 Å². The van der Waals surface area contributed by atoms with Crippen LogP contribution in [0.5, 0.6) is 5.75 Å². The molecule has 0 aromatic heterocycles. The number of nitrogens with zero attached hydrogens (tertiary/aromatic N) is 1. The summed E-state index contributed by atoms with van der Waals surface area (Å²) >= 11 is 6.03. The number of carboxylic acid groups (broad SMARTS) is 1. The number of hydrogen-bond acceptors (Lipinski definition) is 4. The molecule has 1 aliphatic rings. The summed E-state index contributed by atoms with van der Waals surface area (Å²) in [7, 11) is 0. The van der Waals surface area contributed by atoms with Crippen LogP contribution in [0.2, 0.25) is 5.02 Å². The van der Waals surface area contributed by atoms with Gasteiger partial charge in [0.05, 0.1) is 18.2 Å². The standard InChI is InChI=1S/C15H18ClNO5/c1-2-11(22-12-6-4-3-5-10(12)16)14(18)17-7-8-21-13(9-17)15(19)20/h3-6,11,13H,2,7-9H2,1H3,(H,19,20)/t11-,13+/m0/s1. The Morgan fingerprint density at radius 2 is 2.23 bits per heavy atom. The number of benzene rings is 1. The molecule has 0 saturated carbocycles. The number of rotatable bonds is 5. The van der Waals surface area contributed by atoms with E-state index in [1.165, 1.54) is 4.90 Å². The van der Waals surface area contributed by atoms with E-state index in [1.807, 2.05) is 6.92 Å². The minimum Gasteiger partial charge on any atom is -0.479 e. The van der Waals surface area contributed by atoms with E-state index in [2.05, 4.69) is 0 Å². The molecule has 0 aliphatic carbocycles. The Kier molecular flexibility index (Phi) is 5.63. The maximum Gasteiger partial charge on any atom is 0.334 e. The van der Waals surface area contributed by atoms with Gasteiger partial charge in [-0.2, -0.15) is 0 Å². The molecule has 1 aromatic carbocycles. The van der Waals surface area contributed by atoms with Gasteiger partial charge < -0.3 is 19.5 Å². The van der Waals surface area contributed by atoms with Gasteiger partial charge in [0.1, 0.15) is 5.75 Å². The summed E-state index contributed by atoms with van der Waals surface area (Å²) < 4.78 is 10.8. The molecule has 1 N–H and O–H groups in total. The molecule has 1 fully saturated rings. The number of aliphatic carboxylic acids is 1. The largest absolute Gasteiger partial charge is 0.479 e. The fourth-order valence-electron chi connectivity index (χ4n) is 2.20. The van der Waals surface area contributed by atoms with Crippen LogP contribution in [0.1, 0.15) is 13.3 Å². The van der Waals surface area contributed by atoms with Crippen LogP contribution >= 0.6 is 11.6 Å². The van der Waals surface area contributed by atoms with Gasteiger partial charge in [-0.05, 0) is 18.6 Å². The second-order valence-corrected chi connectivity index (χ2v) is 5.33. The van der Waals surface area contributed by atoms with Gasteiger partial charge in [-0.15, -0.1) is 0 Å². The van der Waals surface area contributed by atoms with Crippen molar-refractivity contribution in [3.8, 4) is 5.75 Å². The lowest BCUT2D eigenvalue weighted by Gasteiger charge is -2.33. The average molecular weight is 328 g/mol. The van der Waals surface area contributed by atoms with Crippen LogP contribution < -0.4 is 4.74 Å². The molecular formula is C15H18ClNO5. The first-order valence-corrected chi connectivity index (χ1v) is 7.45. The zero-order valence-corrected chi connectivity index (χ0v) is 13.0. The number of amides is 1. The molecule has 0 bridgehead atoms. The van der Waals surface area contributed by atoms with Crippen molar-refractivity contribution in [3.05, 3.63) is 29.3 Å². The fraction of sp³-hybridized carbons (Fsp3) is 0.467. The minimum absolute atomic E-state index is 0.0244. The number of carbonyl (C=O) groups is 2. The number of carboxylic acids is 1. The Labute approximate surface area is 133 Å². The highest BCUT2D eigenvalue weighted by atomic mass is 35.5. The zero-order chi connectivity index (χ0) is 16.1. The van der Waals surface area contributed by atoms with E-state index in [4.69, 9.17) is 26.2 Å². The second kappa shape index (κ2) is 7.47. The highest BCUT2D eigenvalue weighted by Crippen LogP contribution is 2.25. The topological polar surface area (TPSA) is 76.1 Å². The molecular weight excluding hydrogens is 310 g/mol. The van der Waals surface area contributed by atoms with Crippen molar-refractivity contribution in [3.63, 3.8) is 0 Å². The third-order valence-electron chi connectivity index (χ3n) is 3.41. The second-order valence-electron chi connectivity index (χ2n) is 4.93. The number of ether oxygens (including phenoxy) is 2. The van der Waals surface area contributed by atoms with Crippen molar-refractivity contribution < 1.29 is 24.2 Å². The number of halogens is 1. The van der Waals surface area contributed by atoms with Crippen molar-refractivity contribution in [1.82, 2.24) is 4.90 Å². The van der Waals surface area contributed by atoms with E-state index < -0.39 is 18.2 Å². The van der Waals surface area contributed by atoms with Gasteiger partial charge in [0.15, 0.2) is 12.2 Å². The maximum atomic E-state index is 12.5. The Morgan fingerprint density at radius 1 is 1.50 bits per heavy atom. The molecule has 0 spiro atoms. The molecule has 2 rings (SSSR count). The SMILES string of the molecule is CC[C@H](Oc1ccccc1Cl)C(=O)N1CCO[C@@H](C(=O)O)C1. The monoisotopic (exact) mass is 327 g/mol. The molecule has 2 atom stereocenters. The summed E-state index contributed by atoms with van der Waals surface area (Å²) in [6.07, 6.45) is -1.23. The normalized spacial score (nSPS) is 19.5. The first kappa shape index (κ1) is 16.6. The summed E-state index contributed by atoms with van der Waals surface area (Å²) in [4.78, 5) is 25.0. The van der Waals surface area contributed by atoms with Crippen LogP contribution in [-0.4, -0.2) is 53.8 Å². The van der Waals surface area contributed by atoms with Crippen molar-refractivity contribution in [2.24, 2.45) is 0 Å². The van der Waals surface area contributed by atoms with E-state index in [0.717, 1.165) is 0 Å². The van der Waals surface area contributed by atoms with E-state index in [1.54, 1.807) is 24.3 Å². The Morgan fingerprint density at radius 3 is 2.86 bits per heavy atom. The van der Waals surface area contributed by atoms with Gasteiger partial charge in [-0.3, -0.25) is 4.79 Å². The lowest BCUT2D eigenvalue weighted by atomic mass is 10.2. The number of carbonyl (C=O) groups excluding carboxylic acids is 1. The van der Waals surface area contributed by atoms with Crippen molar-refractivity contribution in [2.75, 3.05) is 19.7 Å². The maximum absolute atomic E-state index is 12.5. The van der Waals surface area contributed by atoms with Crippen LogP contribution in [0.25, 0.3) is 0 Å². The van der Waals surface area contributed by atoms with E-state index in [9.17, 15) is 9.59 Å². The highest BCUT2D eigenvalue weighted by Gasteiger charge is 2.32. The third kappa shape index (κ3) is 3.90. The van der Waals surface area contributed by atoms with Crippen molar-refractivity contribution in [2.45, 2.75) is 25.6 Å². The van der Waals surface area contributed by atoms with E-state index in [0.29, 0.717) is 23.7 Å². The number of morpholine rings is 1. The molecule has 1 aliphatic heterocycles. The van der Waals surface area contributed by atoms with Gasteiger partial charge in [0.25, 0.3) is 5.91 Å². The zero-order valence-electron chi connectivity index (χ0n) is 12.2. The lowest BCUT2D eigenvalue weighted by molar-refractivity contribution is -0.161. The Hall–Kier alpha value is -1.79. The lowest BCUT2D eigenvalue weighted by Crippen LogP contribution is -2.52. The fourth-order valence-corrected chi connectivity index (χ4v) is 2.38. The van der Waals surface area contributed by atoms with E-state index in [-0.39, 0.29) is 19.1 Å². The third-order valence-corrected chi connectivity index (χ3v) is 3.72. The minimum atomic E-state index is -1.07. The molecule has 22 heavy (non-hydrogen) atoms. The van der Waals surface area contributed by atoms with Crippen LogP contribution in [0.15, 0.2) is 24.3 Å². The smallest absolute Gasteiger partial charge is 0.334 e. The summed E-state index contributed by atoms with van der Waals surface area (Å²) in [5.74, 6) is -0.887. The molecule has 120 valence electrons. The highest BCUT2D eigenvalue weighted by molar-refractivity contribution is 6.32. The number of hydrogen-bond donors (Lipinski definition) is 1. The Bertz CT molecular complexity index is 550. The number of para-hydroxylation sites is 1. The summed E-state index contributed by atoms with van der Waals surface area (Å²) in [6.45, 7) is 2.40. The van der Waals surface area contributed by atoms with Crippen molar-refractivity contribution in [1.29, 1.82) is 0 Å². The predicted octanol–water partition coefficient (Wildman–Crippen LogP) is 1.81.